The van der Waals surface area contributed by atoms with E-state index < -0.39 is 22.9 Å². The van der Waals surface area contributed by atoms with Gasteiger partial charge in [-0.3, -0.25) is 0 Å². The SMILES string of the molecule is Cc1ccc[c]([Hf][c]2cccc(C)c2)c1. The molecule has 0 heterocycles. The van der Waals surface area contributed by atoms with Gasteiger partial charge in [-0.1, -0.05) is 0 Å². The zero-order valence-electron chi connectivity index (χ0n) is 9.12. The van der Waals surface area contributed by atoms with Crippen molar-refractivity contribution in [2.45, 2.75) is 13.8 Å². The Labute approximate surface area is 103 Å². The van der Waals surface area contributed by atoms with E-state index in [0.29, 0.717) is 0 Å². The van der Waals surface area contributed by atoms with Gasteiger partial charge in [0, 0.05) is 0 Å². The molecule has 0 saturated heterocycles. The summed E-state index contributed by atoms with van der Waals surface area (Å²) in [5.74, 6) is 0. The molecule has 0 amide bonds. The summed E-state index contributed by atoms with van der Waals surface area (Å²) in [5.41, 5.74) is 2.76. The van der Waals surface area contributed by atoms with Gasteiger partial charge in [0.15, 0.2) is 0 Å². The molecule has 2 aromatic carbocycles. The van der Waals surface area contributed by atoms with Gasteiger partial charge < -0.3 is 0 Å². The third kappa shape index (κ3) is 3.13. The summed E-state index contributed by atoms with van der Waals surface area (Å²) in [7, 11) is 0. The Morgan fingerprint density at radius 2 is 1.20 bits per heavy atom. The van der Waals surface area contributed by atoms with Crippen LogP contribution in [0.25, 0.3) is 0 Å². The molecular weight excluding hydrogens is 347 g/mol. The third-order valence-corrected chi connectivity index (χ3v) is 6.63. The first kappa shape index (κ1) is 10.8. The number of rotatable bonds is 2. The van der Waals surface area contributed by atoms with E-state index >= 15 is 0 Å². The summed E-state index contributed by atoms with van der Waals surface area (Å²) in [6.45, 7) is 4.34. The Balaban J connectivity index is 2.22. The van der Waals surface area contributed by atoms with Crippen LogP contribution in [-0.4, -0.2) is 0 Å². The van der Waals surface area contributed by atoms with E-state index in [4.69, 9.17) is 0 Å². The van der Waals surface area contributed by atoms with Crippen molar-refractivity contribution in [1.29, 1.82) is 0 Å². The molecule has 0 radical (unpaired) electrons. The van der Waals surface area contributed by atoms with Crippen LogP contribution < -0.4 is 6.64 Å². The number of hydrogen-bond acceptors (Lipinski definition) is 0. The van der Waals surface area contributed by atoms with Gasteiger partial charge in [-0.2, -0.15) is 0 Å². The summed E-state index contributed by atoms with van der Waals surface area (Å²) in [5, 5.41) is 0. The molecule has 0 aliphatic rings. The number of aryl methyl sites for hydroxylation is 2. The molecule has 0 aliphatic heterocycles. The second-order valence-electron chi connectivity index (χ2n) is 3.86. The number of hydrogen-bond donors (Lipinski definition) is 0. The quantitative estimate of drug-likeness (QED) is 0.721. The van der Waals surface area contributed by atoms with Crippen molar-refractivity contribution in [3.05, 3.63) is 59.7 Å². The van der Waals surface area contributed by atoms with Crippen molar-refractivity contribution in [3.8, 4) is 0 Å². The molecule has 0 aromatic heterocycles. The molecule has 0 atom stereocenters. The van der Waals surface area contributed by atoms with E-state index in [0.717, 1.165) is 0 Å². The van der Waals surface area contributed by atoms with Crippen LogP contribution in [0.3, 0.4) is 0 Å². The molecule has 0 N–H and O–H groups in total. The fourth-order valence-corrected chi connectivity index (χ4v) is 6.25. The third-order valence-electron chi connectivity index (χ3n) is 2.32. The van der Waals surface area contributed by atoms with Gasteiger partial charge in [0.25, 0.3) is 0 Å². The Hall–Kier alpha value is -0.690. The number of benzene rings is 2. The summed E-state index contributed by atoms with van der Waals surface area (Å²) in [6, 6.07) is 17.9. The van der Waals surface area contributed by atoms with E-state index in [2.05, 4.69) is 62.4 Å². The predicted molar refractivity (Wildman–Crippen MR) is 61.6 cm³/mol. The van der Waals surface area contributed by atoms with Crippen LogP contribution >= 0.6 is 0 Å². The van der Waals surface area contributed by atoms with Gasteiger partial charge in [-0.05, 0) is 0 Å². The zero-order chi connectivity index (χ0) is 10.7. The van der Waals surface area contributed by atoms with Gasteiger partial charge in [-0.15, -0.1) is 0 Å². The van der Waals surface area contributed by atoms with Crippen LogP contribution in [0.15, 0.2) is 48.5 Å². The molecule has 0 aliphatic carbocycles. The first-order chi connectivity index (χ1) is 7.24. The average Bonchev–Trinajstić information content (AvgIpc) is 2.17. The fraction of sp³-hybridized carbons (Fsp3) is 0.143. The Kier molecular flexibility index (Phi) is 3.53. The second kappa shape index (κ2) is 4.89. The molecule has 74 valence electrons. The van der Waals surface area contributed by atoms with Crippen LogP contribution in [-0.2, 0) is 22.9 Å². The Bertz CT molecular complexity index is 417. The van der Waals surface area contributed by atoms with E-state index in [9.17, 15) is 0 Å². The molecule has 0 fully saturated rings. The van der Waals surface area contributed by atoms with Crippen molar-refractivity contribution in [1.82, 2.24) is 0 Å². The molecule has 15 heavy (non-hydrogen) atoms. The summed E-state index contributed by atoms with van der Waals surface area (Å²) < 4.78 is 3.17. The second-order valence-corrected chi connectivity index (χ2v) is 8.91. The maximum atomic E-state index is 2.34. The van der Waals surface area contributed by atoms with Crippen molar-refractivity contribution in [2.75, 3.05) is 0 Å². The minimum atomic E-state index is -0.800. The first-order valence-electron chi connectivity index (χ1n) is 5.14. The minimum absolute atomic E-state index is 0.800. The first-order valence-corrected chi connectivity index (χ1v) is 8.74. The molecular formula is C14H14Hf. The van der Waals surface area contributed by atoms with Crippen molar-refractivity contribution in [3.63, 3.8) is 0 Å². The van der Waals surface area contributed by atoms with E-state index in [1.165, 1.54) is 11.1 Å². The van der Waals surface area contributed by atoms with Gasteiger partial charge in [-0.25, -0.2) is 0 Å². The normalized spacial score (nSPS) is 10.0. The summed E-state index contributed by atoms with van der Waals surface area (Å²) >= 11 is -0.800. The molecule has 0 spiro atoms. The van der Waals surface area contributed by atoms with Crippen molar-refractivity contribution < 1.29 is 22.9 Å². The molecule has 2 rings (SSSR count). The molecule has 1 heteroatoms. The van der Waals surface area contributed by atoms with Crippen LogP contribution in [0.5, 0.6) is 0 Å². The average molecular weight is 361 g/mol. The van der Waals surface area contributed by atoms with Crippen LogP contribution in [0, 0.1) is 13.8 Å². The van der Waals surface area contributed by atoms with Crippen LogP contribution in [0.4, 0.5) is 0 Å². The van der Waals surface area contributed by atoms with Crippen molar-refractivity contribution >= 4 is 6.64 Å². The molecule has 0 nitrogen and oxygen atoms in total. The summed E-state index contributed by atoms with van der Waals surface area (Å²) in [4.78, 5) is 0. The van der Waals surface area contributed by atoms with Crippen LogP contribution in [0.2, 0.25) is 0 Å². The van der Waals surface area contributed by atoms with E-state index in [1.807, 2.05) is 0 Å². The molecule has 0 bridgehead atoms. The maximum absolute atomic E-state index is 2.34. The van der Waals surface area contributed by atoms with Gasteiger partial charge in [0.1, 0.15) is 0 Å². The van der Waals surface area contributed by atoms with Gasteiger partial charge >= 0.3 is 103 Å². The summed E-state index contributed by atoms with van der Waals surface area (Å²) in [6.07, 6.45) is 0. The Morgan fingerprint density at radius 3 is 1.60 bits per heavy atom. The van der Waals surface area contributed by atoms with Crippen molar-refractivity contribution in [2.24, 2.45) is 0 Å². The van der Waals surface area contributed by atoms with Gasteiger partial charge in [0.2, 0.25) is 0 Å². The van der Waals surface area contributed by atoms with Crippen LogP contribution in [0.1, 0.15) is 11.1 Å². The van der Waals surface area contributed by atoms with Gasteiger partial charge in [0.05, 0.1) is 0 Å². The fourth-order valence-electron chi connectivity index (χ4n) is 1.61. The predicted octanol–water partition coefficient (Wildman–Crippen LogP) is 2.34. The van der Waals surface area contributed by atoms with E-state index in [-0.39, 0.29) is 0 Å². The molecule has 0 unspecified atom stereocenters. The Morgan fingerprint density at radius 1 is 0.733 bits per heavy atom. The topological polar surface area (TPSA) is 0 Å². The molecule has 0 saturated carbocycles. The van der Waals surface area contributed by atoms with E-state index in [1.54, 1.807) is 6.64 Å². The zero-order valence-corrected chi connectivity index (χ0v) is 12.7. The molecule has 2 aromatic rings. The monoisotopic (exact) mass is 362 g/mol. The standard InChI is InChI=1S/2C7H7.Hf/c2*1-7-5-3-2-4-6-7;/h2*2-3,5-6H,1H3;.